The summed E-state index contributed by atoms with van der Waals surface area (Å²) in [5.74, 6) is 1.67. The summed E-state index contributed by atoms with van der Waals surface area (Å²) < 4.78 is 10.7. The number of guanidine groups is 1. The summed E-state index contributed by atoms with van der Waals surface area (Å²) in [5, 5.41) is 6.64. The summed E-state index contributed by atoms with van der Waals surface area (Å²) in [6.07, 6.45) is 3.70. The van der Waals surface area contributed by atoms with Crippen LogP contribution in [0.1, 0.15) is 30.4 Å². The Labute approximate surface area is 162 Å². The fourth-order valence-corrected chi connectivity index (χ4v) is 2.24. The van der Waals surface area contributed by atoms with Gasteiger partial charge in [-0.1, -0.05) is 24.3 Å². The van der Waals surface area contributed by atoms with Gasteiger partial charge in [0.2, 0.25) is 0 Å². The van der Waals surface area contributed by atoms with E-state index in [4.69, 9.17) is 9.47 Å². The topological polar surface area (TPSA) is 54.9 Å². The zero-order chi connectivity index (χ0) is 16.3. The SMILES string of the molecule is CN=C(NCCCOCC1CC1)NCc1ccc(COC)cc1.I. The number of aliphatic imine (C=N–C) groups is 1. The number of ether oxygens (including phenoxy) is 2. The molecule has 5 nitrogen and oxygen atoms in total. The highest BCUT2D eigenvalue weighted by Gasteiger charge is 2.20. The maximum Gasteiger partial charge on any atom is 0.191 e. The van der Waals surface area contributed by atoms with Gasteiger partial charge in [-0.2, -0.15) is 0 Å². The molecule has 0 spiro atoms. The van der Waals surface area contributed by atoms with Gasteiger partial charge in [0.05, 0.1) is 6.61 Å². The van der Waals surface area contributed by atoms with Gasteiger partial charge in [0, 0.05) is 40.5 Å². The van der Waals surface area contributed by atoms with Gasteiger partial charge >= 0.3 is 0 Å². The van der Waals surface area contributed by atoms with E-state index in [9.17, 15) is 0 Å². The van der Waals surface area contributed by atoms with Crippen molar-refractivity contribution in [3.8, 4) is 0 Å². The molecule has 1 aromatic carbocycles. The molecule has 136 valence electrons. The molecular weight excluding hydrogens is 417 g/mol. The third kappa shape index (κ3) is 8.84. The van der Waals surface area contributed by atoms with E-state index < -0.39 is 0 Å². The molecule has 2 N–H and O–H groups in total. The van der Waals surface area contributed by atoms with Gasteiger partial charge in [-0.15, -0.1) is 24.0 Å². The van der Waals surface area contributed by atoms with Crippen LogP contribution >= 0.6 is 24.0 Å². The van der Waals surface area contributed by atoms with Crippen LogP contribution in [-0.4, -0.2) is 39.9 Å². The Morgan fingerprint density at radius 1 is 1.17 bits per heavy atom. The standard InChI is InChI=1S/C18H29N3O2.HI/c1-19-18(20-10-3-11-23-14-17-8-9-17)21-12-15-4-6-16(7-5-15)13-22-2;/h4-7,17H,3,8-14H2,1-2H3,(H2,19,20,21);1H. The quantitative estimate of drug-likeness (QED) is 0.251. The maximum atomic E-state index is 5.62. The van der Waals surface area contributed by atoms with Crippen LogP contribution in [0.2, 0.25) is 0 Å². The molecule has 1 aliphatic carbocycles. The van der Waals surface area contributed by atoms with Crippen molar-refractivity contribution in [1.29, 1.82) is 0 Å². The van der Waals surface area contributed by atoms with E-state index in [-0.39, 0.29) is 24.0 Å². The lowest BCUT2D eigenvalue weighted by Crippen LogP contribution is -2.37. The van der Waals surface area contributed by atoms with Gasteiger partial charge in [0.25, 0.3) is 0 Å². The van der Waals surface area contributed by atoms with E-state index in [0.717, 1.165) is 44.6 Å². The van der Waals surface area contributed by atoms with E-state index in [2.05, 4.69) is 39.9 Å². The van der Waals surface area contributed by atoms with Crippen molar-refractivity contribution < 1.29 is 9.47 Å². The normalized spacial score (nSPS) is 14.2. The Morgan fingerprint density at radius 2 is 1.88 bits per heavy atom. The minimum absolute atomic E-state index is 0. The van der Waals surface area contributed by atoms with Gasteiger partial charge in [0.1, 0.15) is 0 Å². The summed E-state index contributed by atoms with van der Waals surface area (Å²) in [4.78, 5) is 4.24. The molecule has 2 rings (SSSR count). The Hall–Kier alpha value is -0.860. The van der Waals surface area contributed by atoms with Crippen LogP contribution in [0.5, 0.6) is 0 Å². The summed E-state index contributed by atoms with van der Waals surface area (Å²) in [7, 11) is 3.50. The lowest BCUT2D eigenvalue weighted by atomic mass is 10.1. The van der Waals surface area contributed by atoms with Crippen molar-refractivity contribution in [2.45, 2.75) is 32.4 Å². The van der Waals surface area contributed by atoms with Crippen molar-refractivity contribution in [1.82, 2.24) is 10.6 Å². The molecule has 1 aromatic rings. The molecule has 1 aliphatic rings. The second-order valence-electron chi connectivity index (χ2n) is 5.97. The number of halogens is 1. The number of benzene rings is 1. The lowest BCUT2D eigenvalue weighted by molar-refractivity contribution is 0.123. The molecule has 24 heavy (non-hydrogen) atoms. The van der Waals surface area contributed by atoms with Crippen LogP contribution in [-0.2, 0) is 22.6 Å². The van der Waals surface area contributed by atoms with Crippen molar-refractivity contribution in [2.24, 2.45) is 10.9 Å². The first kappa shape index (κ1) is 21.2. The second-order valence-corrected chi connectivity index (χ2v) is 5.97. The average molecular weight is 447 g/mol. The van der Waals surface area contributed by atoms with Crippen LogP contribution in [0.25, 0.3) is 0 Å². The monoisotopic (exact) mass is 447 g/mol. The van der Waals surface area contributed by atoms with E-state index in [0.29, 0.717) is 6.61 Å². The molecule has 0 atom stereocenters. The molecule has 0 amide bonds. The molecule has 0 radical (unpaired) electrons. The summed E-state index contributed by atoms with van der Waals surface area (Å²) in [6, 6.07) is 8.41. The van der Waals surface area contributed by atoms with E-state index in [1.54, 1.807) is 14.2 Å². The summed E-state index contributed by atoms with van der Waals surface area (Å²) in [5.41, 5.74) is 2.41. The molecule has 0 unspecified atom stereocenters. The van der Waals surface area contributed by atoms with Crippen LogP contribution < -0.4 is 10.6 Å². The molecule has 6 heteroatoms. The Morgan fingerprint density at radius 3 is 2.50 bits per heavy atom. The molecule has 1 fully saturated rings. The molecule has 0 heterocycles. The molecule has 0 aromatic heterocycles. The Kier molecular flexibility index (Phi) is 11.0. The first-order valence-corrected chi connectivity index (χ1v) is 8.41. The predicted octanol–water partition coefficient (Wildman–Crippen LogP) is 2.93. The van der Waals surface area contributed by atoms with Crippen LogP contribution in [0.3, 0.4) is 0 Å². The molecule has 0 aliphatic heterocycles. The third-order valence-electron chi connectivity index (χ3n) is 3.83. The zero-order valence-corrected chi connectivity index (χ0v) is 17.0. The minimum Gasteiger partial charge on any atom is -0.381 e. The van der Waals surface area contributed by atoms with Crippen molar-refractivity contribution in [3.05, 3.63) is 35.4 Å². The first-order chi connectivity index (χ1) is 11.3. The van der Waals surface area contributed by atoms with E-state index >= 15 is 0 Å². The molecule has 0 bridgehead atoms. The molecule has 0 saturated heterocycles. The van der Waals surface area contributed by atoms with Gasteiger partial charge in [-0.05, 0) is 36.3 Å². The van der Waals surface area contributed by atoms with E-state index in [1.807, 2.05) is 0 Å². The fraction of sp³-hybridized carbons (Fsp3) is 0.611. The van der Waals surface area contributed by atoms with Crippen molar-refractivity contribution in [2.75, 3.05) is 33.9 Å². The highest BCUT2D eigenvalue weighted by Crippen LogP contribution is 2.28. The van der Waals surface area contributed by atoms with E-state index in [1.165, 1.54) is 24.0 Å². The summed E-state index contributed by atoms with van der Waals surface area (Å²) >= 11 is 0. The number of rotatable bonds is 10. The lowest BCUT2D eigenvalue weighted by Gasteiger charge is -2.12. The maximum absolute atomic E-state index is 5.62. The van der Waals surface area contributed by atoms with Crippen LogP contribution in [0, 0.1) is 5.92 Å². The number of nitrogens with one attached hydrogen (secondary N) is 2. The number of hydrogen-bond donors (Lipinski definition) is 2. The highest BCUT2D eigenvalue weighted by molar-refractivity contribution is 14.0. The van der Waals surface area contributed by atoms with Crippen molar-refractivity contribution >= 4 is 29.9 Å². The fourth-order valence-electron chi connectivity index (χ4n) is 2.24. The Bertz CT molecular complexity index is 476. The first-order valence-electron chi connectivity index (χ1n) is 8.41. The number of nitrogens with zero attached hydrogens (tertiary/aromatic N) is 1. The molecular formula is C18H30IN3O2. The predicted molar refractivity (Wildman–Crippen MR) is 109 cm³/mol. The van der Waals surface area contributed by atoms with Crippen LogP contribution in [0.15, 0.2) is 29.3 Å². The Balaban J connectivity index is 0.00000288. The summed E-state index contributed by atoms with van der Waals surface area (Å²) in [6.45, 7) is 4.04. The van der Waals surface area contributed by atoms with Gasteiger partial charge in [-0.25, -0.2) is 0 Å². The number of hydrogen-bond acceptors (Lipinski definition) is 3. The molecule has 1 saturated carbocycles. The minimum atomic E-state index is 0. The van der Waals surface area contributed by atoms with Crippen molar-refractivity contribution in [3.63, 3.8) is 0 Å². The number of methoxy groups -OCH3 is 1. The second kappa shape index (κ2) is 12.5. The van der Waals surface area contributed by atoms with Gasteiger partial charge < -0.3 is 20.1 Å². The van der Waals surface area contributed by atoms with Gasteiger partial charge in [0.15, 0.2) is 5.96 Å². The van der Waals surface area contributed by atoms with Crippen LogP contribution in [0.4, 0.5) is 0 Å². The zero-order valence-electron chi connectivity index (χ0n) is 14.7. The average Bonchev–Trinajstić information content (AvgIpc) is 3.39. The largest absolute Gasteiger partial charge is 0.381 e. The van der Waals surface area contributed by atoms with Gasteiger partial charge in [-0.3, -0.25) is 4.99 Å². The highest BCUT2D eigenvalue weighted by atomic mass is 127. The third-order valence-corrected chi connectivity index (χ3v) is 3.83. The smallest absolute Gasteiger partial charge is 0.191 e.